The topological polar surface area (TPSA) is 52.6 Å². The van der Waals surface area contributed by atoms with Crippen molar-refractivity contribution < 1.29 is 19.1 Å². The van der Waals surface area contributed by atoms with E-state index in [1.807, 2.05) is 37.3 Å². The van der Waals surface area contributed by atoms with E-state index in [1.54, 1.807) is 0 Å². The van der Waals surface area contributed by atoms with Crippen LogP contribution in [0, 0.1) is 5.92 Å². The Labute approximate surface area is 119 Å². The number of benzene rings is 1. The third-order valence-corrected chi connectivity index (χ3v) is 3.65. The van der Waals surface area contributed by atoms with E-state index in [0.29, 0.717) is 6.42 Å². The molecule has 1 fully saturated rings. The zero-order valence-electron chi connectivity index (χ0n) is 11.7. The normalized spacial score (nSPS) is 23.2. The molecular weight excluding hydrogens is 256 g/mol. The number of esters is 1. The molecule has 2 rings (SSSR count). The lowest BCUT2D eigenvalue weighted by atomic mass is 10.0. The van der Waals surface area contributed by atoms with Gasteiger partial charge in [-0.15, -0.1) is 0 Å². The molecular formula is C16H20O4. The summed E-state index contributed by atoms with van der Waals surface area (Å²) in [5.74, 6) is -0.541. The predicted octanol–water partition coefficient (Wildman–Crippen LogP) is 2.50. The van der Waals surface area contributed by atoms with Gasteiger partial charge < -0.3 is 14.3 Å². The molecule has 4 heteroatoms. The zero-order valence-corrected chi connectivity index (χ0v) is 11.7. The Morgan fingerprint density at radius 2 is 2.15 bits per heavy atom. The summed E-state index contributed by atoms with van der Waals surface area (Å²) < 4.78 is 11.0. The van der Waals surface area contributed by atoms with Gasteiger partial charge in [0.25, 0.3) is 0 Å². The van der Waals surface area contributed by atoms with Gasteiger partial charge >= 0.3 is 5.97 Å². The Morgan fingerprint density at radius 1 is 1.40 bits per heavy atom. The van der Waals surface area contributed by atoms with Crippen molar-refractivity contribution in [3.8, 4) is 0 Å². The van der Waals surface area contributed by atoms with Gasteiger partial charge in [-0.3, -0.25) is 4.79 Å². The molecule has 0 spiro atoms. The number of rotatable bonds is 6. The van der Waals surface area contributed by atoms with Crippen LogP contribution in [0.4, 0.5) is 0 Å². The van der Waals surface area contributed by atoms with Crippen LogP contribution in [0.1, 0.15) is 31.7 Å². The highest BCUT2D eigenvalue weighted by molar-refractivity contribution is 5.72. The van der Waals surface area contributed by atoms with E-state index in [2.05, 4.69) is 0 Å². The molecule has 0 unspecified atom stereocenters. The first-order valence-electron chi connectivity index (χ1n) is 7.00. The standard InChI is InChI=1S/C16H20O4/c1-12(15-8-7-14(20-15)9-10-17)16(18)19-11-13-5-3-2-4-6-13/h2-6,10,12,14-15H,7-9,11H2,1H3/t12-,14+,15-/m0/s1. The maximum atomic E-state index is 12.0. The monoisotopic (exact) mass is 276 g/mol. The van der Waals surface area contributed by atoms with Gasteiger partial charge in [0.1, 0.15) is 12.9 Å². The maximum absolute atomic E-state index is 12.0. The van der Waals surface area contributed by atoms with E-state index in [1.165, 1.54) is 0 Å². The van der Waals surface area contributed by atoms with Crippen LogP contribution in [0.25, 0.3) is 0 Å². The van der Waals surface area contributed by atoms with Crippen molar-refractivity contribution >= 4 is 12.3 Å². The highest BCUT2D eigenvalue weighted by Gasteiger charge is 2.33. The molecule has 3 atom stereocenters. The smallest absolute Gasteiger partial charge is 0.311 e. The first-order valence-corrected chi connectivity index (χ1v) is 7.00. The highest BCUT2D eigenvalue weighted by atomic mass is 16.5. The molecule has 0 amide bonds. The van der Waals surface area contributed by atoms with Gasteiger partial charge in [0.15, 0.2) is 0 Å². The number of aldehydes is 1. The minimum atomic E-state index is -0.296. The van der Waals surface area contributed by atoms with E-state index >= 15 is 0 Å². The van der Waals surface area contributed by atoms with Crippen LogP contribution in [0.3, 0.4) is 0 Å². The van der Waals surface area contributed by atoms with Crippen molar-refractivity contribution in [1.82, 2.24) is 0 Å². The minimum Gasteiger partial charge on any atom is -0.461 e. The van der Waals surface area contributed by atoms with E-state index in [-0.39, 0.29) is 30.7 Å². The van der Waals surface area contributed by atoms with Crippen LogP contribution in [0.15, 0.2) is 30.3 Å². The largest absolute Gasteiger partial charge is 0.461 e. The van der Waals surface area contributed by atoms with E-state index < -0.39 is 0 Å². The first kappa shape index (κ1) is 14.7. The fraction of sp³-hybridized carbons (Fsp3) is 0.500. The molecule has 1 heterocycles. The summed E-state index contributed by atoms with van der Waals surface area (Å²) in [7, 11) is 0. The van der Waals surface area contributed by atoms with Gasteiger partial charge in [-0.25, -0.2) is 0 Å². The van der Waals surface area contributed by atoms with Crippen molar-refractivity contribution in [2.45, 2.75) is 45.0 Å². The molecule has 1 aliphatic heterocycles. The first-order chi connectivity index (χ1) is 9.70. The van der Waals surface area contributed by atoms with Crippen LogP contribution in [0.2, 0.25) is 0 Å². The fourth-order valence-electron chi connectivity index (χ4n) is 2.39. The lowest BCUT2D eigenvalue weighted by Gasteiger charge is -2.18. The summed E-state index contributed by atoms with van der Waals surface area (Å²) in [5, 5.41) is 0. The van der Waals surface area contributed by atoms with Crippen molar-refractivity contribution in [3.63, 3.8) is 0 Å². The Balaban J connectivity index is 1.79. The van der Waals surface area contributed by atoms with Gasteiger partial charge in [-0.05, 0) is 25.3 Å². The third kappa shape index (κ3) is 3.90. The average Bonchev–Trinajstić information content (AvgIpc) is 2.94. The lowest BCUT2D eigenvalue weighted by Crippen LogP contribution is -2.27. The maximum Gasteiger partial charge on any atom is 0.311 e. The van der Waals surface area contributed by atoms with E-state index in [0.717, 1.165) is 24.7 Å². The van der Waals surface area contributed by atoms with Crippen LogP contribution in [-0.4, -0.2) is 24.5 Å². The van der Waals surface area contributed by atoms with Crippen LogP contribution in [0.5, 0.6) is 0 Å². The van der Waals surface area contributed by atoms with Crippen LogP contribution >= 0.6 is 0 Å². The summed E-state index contributed by atoms with van der Waals surface area (Å²) in [5.41, 5.74) is 0.972. The SMILES string of the molecule is C[C@H](C(=O)OCc1ccccc1)[C@@H]1CC[C@H](CC=O)O1. The molecule has 0 saturated carbocycles. The number of ether oxygens (including phenoxy) is 2. The number of carbonyl (C=O) groups excluding carboxylic acids is 2. The van der Waals surface area contributed by atoms with E-state index in [9.17, 15) is 9.59 Å². The fourth-order valence-corrected chi connectivity index (χ4v) is 2.39. The van der Waals surface area contributed by atoms with Gasteiger partial charge in [-0.2, -0.15) is 0 Å². The predicted molar refractivity (Wildman–Crippen MR) is 74.0 cm³/mol. The van der Waals surface area contributed by atoms with Gasteiger partial charge in [0.2, 0.25) is 0 Å². The molecule has 4 nitrogen and oxygen atoms in total. The highest BCUT2D eigenvalue weighted by Crippen LogP contribution is 2.27. The van der Waals surface area contributed by atoms with Crippen molar-refractivity contribution in [2.75, 3.05) is 0 Å². The van der Waals surface area contributed by atoms with Gasteiger partial charge in [0, 0.05) is 6.42 Å². The van der Waals surface area contributed by atoms with Crippen LogP contribution < -0.4 is 0 Å². The Morgan fingerprint density at radius 3 is 2.85 bits per heavy atom. The molecule has 0 radical (unpaired) electrons. The summed E-state index contributed by atoms with van der Waals surface area (Å²) in [6.45, 7) is 2.11. The summed E-state index contributed by atoms with van der Waals surface area (Å²) >= 11 is 0. The Kier molecular flexibility index (Phi) is 5.30. The van der Waals surface area contributed by atoms with Crippen LogP contribution in [-0.2, 0) is 25.7 Å². The van der Waals surface area contributed by atoms with Gasteiger partial charge in [-0.1, -0.05) is 30.3 Å². The molecule has 0 bridgehead atoms. The minimum absolute atomic E-state index is 0.0399. The molecule has 108 valence electrons. The van der Waals surface area contributed by atoms with Crippen molar-refractivity contribution in [1.29, 1.82) is 0 Å². The summed E-state index contributed by atoms with van der Waals surface area (Å²) in [4.78, 5) is 22.5. The molecule has 1 aromatic rings. The second kappa shape index (κ2) is 7.20. The van der Waals surface area contributed by atoms with Crippen molar-refractivity contribution in [3.05, 3.63) is 35.9 Å². The third-order valence-electron chi connectivity index (χ3n) is 3.65. The van der Waals surface area contributed by atoms with Crippen molar-refractivity contribution in [2.24, 2.45) is 5.92 Å². The second-order valence-corrected chi connectivity index (χ2v) is 5.16. The molecule has 0 aromatic heterocycles. The quantitative estimate of drug-likeness (QED) is 0.591. The van der Waals surface area contributed by atoms with Gasteiger partial charge in [0.05, 0.1) is 18.1 Å². The Hall–Kier alpha value is -1.68. The van der Waals surface area contributed by atoms with E-state index in [4.69, 9.17) is 9.47 Å². The molecule has 0 N–H and O–H groups in total. The number of hydrogen-bond acceptors (Lipinski definition) is 4. The number of hydrogen-bond donors (Lipinski definition) is 0. The molecule has 0 aliphatic carbocycles. The number of carbonyl (C=O) groups is 2. The molecule has 20 heavy (non-hydrogen) atoms. The summed E-state index contributed by atoms with van der Waals surface area (Å²) in [6, 6.07) is 9.59. The second-order valence-electron chi connectivity index (χ2n) is 5.16. The average molecular weight is 276 g/mol. The zero-order chi connectivity index (χ0) is 14.4. The Bertz CT molecular complexity index is 443. The molecule has 1 aromatic carbocycles. The molecule has 1 saturated heterocycles. The summed E-state index contributed by atoms with van der Waals surface area (Å²) in [6.07, 6.45) is 2.73. The molecule has 1 aliphatic rings. The lowest BCUT2D eigenvalue weighted by molar-refractivity contribution is -0.154.